The van der Waals surface area contributed by atoms with Gasteiger partial charge in [-0.2, -0.15) is 0 Å². The van der Waals surface area contributed by atoms with Gasteiger partial charge >= 0.3 is 0 Å². The predicted molar refractivity (Wildman–Crippen MR) is 192 cm³/mol. The molecular weight excluding hydrogens is 857 g/mol. The van der Waals surface area contributed by atoms with Crippen LogP contribution in [0.2, 0.25) is 5.02 Å². The molecule has 0 unspecified atom stereocenters. The average Bonchev–Trinajstić information content (AvgIpc) is 2.94. The van der Waals surface area contributed by atoms with Crippen LogP contribution in [0.1, 0.15) is 46.1 Å². The molecule has 0 aliphatic carbocycles. The lowest BCUT2D eigenvalue weighted by Gasteiger charge is -2.14. The van der Waals surface area contributed by atoms with Gasteiger partial charge in [0.2, 0.25) is 15.2 Å². The van der Waals surface area contributed by atoms with Gasteiger partial charge in [-0.3, -0.25) is 0 Å². The zero-order valence-corrected chi connectivity index (χ0v) is 31.4. The maximum atomic E-state index is 5.83. The van der Waals surface area contributed by atoms with E-state index in [0.717, 1.165) is 11.1 Å². The first-order valence-corrected chi connectivity index (χ1v) is 16.6. The molecule has 0 atom stereocenters. The van der Waals surface area contributed by atoms with Gasteiger partial charge in [-0.15, -0.1) is 0 Å². The Morgan fingerprint density at radius 2 is 0.689 bits per heavy atom. The largest absolute Gasteiger partial charge is 0.250 e. The zero-order chi connectivity index (χ0) is 33.6. The highest BCUT2D eigenvalue weighted by Gasteiger charge is 2.34. The molecule has 0 radical (unpaired) electrons. The van der Waals surface area contributed by atoms with Crippen LogP contribution in [0.5, 0.6) is 0 Å². The van der Waals surface area contributed by atoms with E-state index < -0.39 is 15.2 Å². The van der Waals surface area contributed by atoms with Crippen molar-refractivity contribution in [2.24, 2.45) is 0 Å². The Balaban J connectivity index is 0.000000246. The van der Waals surface area contributed by atoms with Crippen molar-refractivity contribution in [2.45, 2.75) is 15.2 Å². The summed E-state index contributed by atoms with van der Waals surface area (Å²) in [7, 11) is 0. The topological polar surface area (TPSA) is 77.3 Å². The van der Waals surface area contributed by atoms with Gasteiger partial charge in [0.15, 0.2) is 34.9 Å². The van der Waals surface area contributed by atoms with Crippen LogP contribution in [0.15, 0.2) is 54.6 Å². The Bertz CT molecular complexity index is 1580. The molecule has 0 saturated carbocycles. The molecule has 0 fully saturated rings. The Morgan fingerprint density at radius 1 is 0.378 bits per heavy atom. The third kappa shape index (κ3) is 13.3. The number of hydrogen-bond acceptors (Lipinski definition) is 6. The molecule has 2 heterocycles. The first kappa shape index (κ1) is 39.2. The minimum atomic E-state index is -1.88. The first-order chi connectivity index (χ1) is 20.7. The van der Waals surface area contributed by atoms with Gasteiger partial charge < -0.3 is 0 Å². The lowest BCUT2D eigenvalue weighted by molar-refractivity contribution is 0.835. The van der Waals surface area contributed by atoms with Crippen LogP contribution < -0.4 is 0 Å². The summed E-state index contributed by atoms with van der Waals surface area (Å²) < 4.78 is -7.47. The van der Waals surface area contributed by atoms with Crippen LogP contribution in [0, 0.1) is 0 Å². The lowest BCUT2D eigenvalue weighted by Crippen LogP contribution is -2.16. The molecule has 0 aliphatic rings. The fourth-order valence-corrected chi connectivity index (χ4v) is 4.06. The molecule has 4 aromatic rings. The van der Waals surface area contributed by atoms with Crippen molar-refractivity contribution >= 4 is 175 Å². The number of alkyl halides is 12. The average molecular weight is 870 g/mol. The molecule has 4 rings (SSSR count). The summed E-state index contributed by atoms with van der Waals surface area (Å²) in [6, 6.07) is 16.6. The highest BCUT2D eigenvalue weighted by atomic mass is 35.6. The molecular formula is C26H13Cl13N6. The maximum Gasteiger partial charge on any atom is 0.250 e. The zero-order valence-electron chi connectivity index (χ0n) is 21.6. The SMILES string of the molecule is ClC(Cl)(Cl)c1nc(C=Cc2ccccc2)nc(C(Cl)(Cl)Cl)n1.Clc1ccc(C=Cc2nc(C(Cl)(Cl)Cl)nc(C(Cl)(Cl)Cl)n2)cc1. The maximum absolute atomic E-state index is 5.83. The van der Waals surface area contributed by atoms with Crippen molar-refractivity contribution in [1.82, 2.24) is 29.9 Å². The quantitative estimate of drug-likeness (QED) is 0.190. The Morgan fingerprint density at radius 3 is 1.00 bits per heavy atom. The fraction of sp³-hybridized carbons (Fsp3) is 0.154. The summed E-state index contributed by atoms with van der Waals surface area (Å²) in [4.78, 5) is 24.0. The highest BCUT2D eigenvalue weighted by molar-refractivity contribution is 6.68. The molecule has 2 aromatic carbocycles. The third-order valence-electron chi connectivity index (χ3n) is 4.84. The van der Waals surface area contributed by atoms with Gasteiger partial charge in [0.1, 0.15) is 0 Å². The summed E-state index contributed by atoms with van der Waals surface area (Å²) in [6.45, 7) is 0. The Hall–Kier alpha value is -0.290. The van der Waals surface area contributed by atoms with Gasteiger partial charge in [0, 0.05) is 5.02 Å². The van der Waals surface area contributed by atoms with E-state index >= 15 is 0 Å². The van der Waals surface area contributed by atoms with Gasteiger partial charge in [0.05, 0.1) is 0 Å². The minimum Gasteiger partial charge on any atom is -0.209 e. The number of hydrogen-bond donors (Lipinski definition) is 0. The van der Waals surface area contributed by atoms with E-state index in [9.17, 15) is 0 Å². The summed E-state index contributed by atoms with van der Waals surface area (Å²) in [6.07, 6.45) is 6.69. The van der Waals surface area contributed by atoms with E-state index in [1.807, 2.05) is 42.5 Å². The molecule has 0 N–H and O–H groups in total. The molecule has 2 aromatic heterocycles. The molecule has 0 amide bonds. The second kappa shape index (κ2) is 16.4. The van der Waals surface area contributed by atoms with Crippen molar-refractivity contribution in [2.75, 3.05) is 0 Å². The van der Waals surface area contributed by atoms with E-state index in [4.69, 9.17) is 151 Å². The number of nitrogens with zero attached hydrogens (tertiary/aromatic N) is 6. The lowest BCUT2D eigenvalue weighted by atomic mass is 10.2. The van der Waals surface area contributed by atoms with Crippen LogP contribution in [0.4, 0.5) is 0 Å². The van der Waals surface area contributed by atoms with Crippen molar-refractivity contribution in [3.05, 3.63) is 106 Å². The van der Waals surface area contributed by atoms with Crippen molar-refractivity contribution in [1.29, 1.82) is 0 Å². The second-order valence-electron chi connectivity index (χ2n) is 8.30. The monoisotopic (exact) mass is 864 g/mol. The van der Waals surface area contributed by atoms with Crippen LogP contribution in [-0.4, -0.2) is 29.9 Å². The van der Waals surface area contributed by atoms with E-state index in [1.54, 1.807) is 36.4 Å². The molecule has 238 valence electrons. The summed E-state index contributed by atoms with van der Waals surface area (Å²) in [5.41, 5.74) is 1.80. The van der Waals surface area contributed by atoms with Crippen molar-refractivity contribution in [3.8, 4) is 0 Å². The number of aromatic nitrogens is 6. The summed E-state index contributed by atoms with van der Waals surface area (Å²) >= 11 is 75.4. The standard InChI is InChI=1S/C13H6Cl7N3.C13H7Cl6N3/c14-8-4-1-7(2-5-8)3-6-9-21-10(12(15,16)17)23-11(22-9)13(18,19)20;14-12(15,16)10-20-9(21-11(22-10)13(17,18)19)7-6-8-4-2-1-3-5-8/h1-6H;1-7H. The van der Waals surface area contributed by atoms with Crippen LogP contribution in [-0.2, 0) is 15.2 Å². The number of benzene rings is 2. The van der Waals surface area contributed by atoms with E-state index in [0.29, 0.717) is 5.02 Å². The highest BCUT2D eigenvalue weighted by Crippen LogP contribution is 2.41. The van der Waals surface area contributed by atoms with E-state index in [2.05, 4.69) is 29.9 Å². The Kier molecular flexibility index (Phi) is 14.3. The van der Waals surface area contributed by atoms with E-state index in [-0.39, 0.29) is 34.9 Å². The first-order valence-electron chi connectivity index (χ1n) is 11.7. The van der Waals surface area contributed by atoms with Crippen molar-refractivity contribution < 1.29 is 0 Å². The molecule has 45 heavy (non-hydrogen) atoms. The minimum absolute atomic E-state index is 0.124. The molecule has 6 nitrogen and oxygen atoms in total. The second-order valence-corrected chi connectivity index (χ2v) is 17.9. The van der Waals surface area contributed by atoms with E-state index in [1.165, 1.54) is 0 Å². The normalized spacial score (nSPS) is 12.8. The fourth-order valence-electron chi connectivity index (χ4n) is 2.92. The molecule has 0 saturated heterocycles. The van der Waals surface area contributed by atoms with Crippen molar-refractivity contribution in [3.63, 3.8) is 0 Å². The van der Waals surface area contributed by atoms with Gasteiger partial charge in [0.25, 0.3) is 0 Å². The Labute approximate surface area is 322 Å². The van der Waals surface area contributed by atoms with Gasteiger partial charge in [-0.05, 0) is 35.4 Å². The molecule has 19 heteroatoms. The smallest absolute Gasteiger partial charge is 0.209 e. The number of halogens is 13. The van der Waals surface area contributed by atoms with Crippen LogP contribution in [0.3, 0.4) is 0 Å². The third-order valence-corrected chi connectivity index (χ3v) is 7.12. The molecule has 0 bridgehead atoms. The predicted octanol–water partition coefficient (Wildman–Crippen LogP) is 12.0. The number of rotatable bonds is 4. The summed E-state index contributed by atoms with van der Waals surface area (Å²) in [5, 5.41) is 0.624. The summed E-state index contributed by atoms with van der Waals surface area (Å²) in [5.74, 6) is -0.147. The van der Waals surface area contributed by atoms with Gasteiger partial charge in [-0.25, -0.2) is 29.9 Å². The van der Waals surface area contributed by atoms with Crippen LogP contribution >= 0.6 is 151 Å². The van der Waals surface area contributed by atoms with Crippen LogP contribution in [0.25, 0.3) is 24.3 Å². The molecule has 0 aliphatic heterocycles. The molecule has 0 spiro atoms. The van der Waals surface area contributed by atoms with Gasteiger partial charge in [-0.1, -0.05) is 205 Å².